The van der Waals surface area contributed by atoms with E-state index in [1.807, 2.05) is 13.0 Å². The highest BCUT2D eigenvalue weighted by Crippen LogP contribution is 2.35. The third kappa shape index (κ3) is 9.40. The van der Waals surface area contributed by atoms with Crippen molar-refractivity contribution < 1.29 is 9.53 Å². The lowest BCUT2D eigenvalue weighted by atomic mass is 9.73. The highest BCUT2D eigenvalue weighted by molar-refractivity contribution is 5.39. The van der Waals surface area contributed by atoms with Gasteiger partial charge in [-0.1, -0.05) is 80.5 Å². The van der Waals surface area contributed by atoms with Gasteiger partial charge >= 0.3 is 0 Å². The van der Waals surface area contributed by atoms with Crippen LogP contribution in [0.4, 0.5) is 0 Å². The SMILES string of the molecule is CC(CC(C)(C)C)C(C)(C)C.CCc1ccc(C(C)OC=O)cc1CC. The van der Waals surface area contributed by atoms with Crippen LogP contribution < -0.4 is 0 Å². The van der Waals surface area contributed by atoms with Crippen LogP contribution in [0, 0.1) is 16.7 Å². The van der Waals surface area contributed by atoms with E-state index in [0.29, 0.717) is 17.3 Å². The second-order valence-electron chi connectivity index (χ2n) is 9.64. The highest BCUT2D eigenvalue weighted by atomic mass is 16.5. The zero-order valence-electron chi connectivity index (χ0n) is 18.9. The fraction of sp³-hybridized carbons (Fsp3) is 0.708. The summed E-state index contributed by atoms with van der Waals surface area (Å²) in [6.45, 7) is 22.9. The summed E-state index contributed by atoms with van der Waals surface area (Å²) < 4.78 is 4.92. The fourth-order valence-corrected chi connectivity index (χ4v) is 2.96. The van der Waals surface area contributed by atoms with Gasteiger partial charge in [-0.2, -0.15) is 0 Å². The van der Waals surface area contributed by atoms with E-state index in [4.69, 9.17) is 4.74 Å². The number of aryl methyl sites for hydroxylation is 2. The third-order valence-corrected chi connectivity index (χ3v) is 5.12. The molecule has 0 saturated heterocycles. The molecular formula is C24H42O2. The molecule has 0 spiro atoms. The summed E-state index contributed by atoms with van der Waals surface area (Å²) in [5.74, 6) is 0.808. The van der Waals surface area contributed by atoms with Crippen molar-refractivity contribution in [3.63, 3.8) is 0 Å². The Morgan fingerprint density at radius 2 is 1.50 bits per heavy atom. The zero-order valence-corrected chi connectivity index (χ0v) is 18.9. The van der Waals surface area contributed by atoms with Crippen molar-refractivity contribution >= 4 is 6.47 Å². The van der Waals surface area contributed by atoms with Crippen LogP contribution in [0.25, 0.3) is 0 Å². The standard InChI is InChI=1S/C13H18O2.C11H24/c1-4-11-6-7-13(8-12(11)5-2)10(3)15-9-14;1-9(11(5,6)7)8-10(2,3)4/h6-10H,4-5H2,1-3H3;9H,8H2,1-7H3. The highest BCUT2D eigenvalue weighted by Gasteiger charge is 2.24. The molecule has 0 saturated carbocycles. The molecule has 150 valence electrons. The molecule has 0 aliphatic rings. The maximum atomic E-state index is 10.2. The Balaban J connectivity index is 0.000000508. The molecule has 0 amide bonds. The molecule has 1 aromatic rings. The summed E-state index contributed by atoms with van der Waals surface area (Å²) >= 11 is 0. The molecule has 0 bridgehead atoms. The maximum Gasteiger partial charge on any atom is 0.293 e. The maximum absolute atomic E-state index is 10.2. The normalized spacial score (nSPS) is 14.1. The number of benzene rings is 1. The molecule has 2 heteroatoms. The van der Waals surface area contributed by atoms with Crippen LogP contribution in [0.2, 0.25) is 0 Å². The second kappa shape index (κ2) is 10.7. The average molecular weight is 363 g/mol. The van der Waals surface area contributed by atoms with Crippen LogP contribution in [0.5, 0.6) is 0 Å². The van der Waals surface area contributed by atoms with Crippen LogP contribution >= 0.6 is 0 Å². The van der Waals surface area contributed by atoms with Gasteiger partial charge in [0.05, 0.1) is 0 Å². The summed E-state index contributed by atoms with van der Waals surface area (Å²) in [5, 5.41) is 0. The number of rotatable bonds is 6. The molecule has 0 aliphatic carbocycles. The van der Waals surface area contributed by atoms with Gasteiger partial charge in [-0.25, -0.2) is 0 Å². The van der Waals surface area contributed by atoms with Crippen LogP contribution in [0.3, 0.4) is 0 Å². The lowest BCUT2D eigenvalue weighted by Gasteiger charge is -2.32. The molecule has 0 radical (unpaired) electrons. The van der Waals surface area contributed by atoms with E-state index in [1.165, 1.54) is 17.5 Å². The van der Waals surface area contributed by atoms with Gasteiger partial charge in [0.2, 0.25) is 0 Å². The molecule has 2 unspecified atom stereocenters. The Hall–Kier alpha value is -1.31. The first-order valence-corrected chi connectivity index (χ1v) is 10.1. The Labute approximate surface area is 162 Å². The first kappa shape index (κ1) is 24.7. The van der Waals surface area contributed by atoms with E-state index in [-0.39, 0.29) is 6.10 Å². The average Bonchev–Trinajstić information content (AvgIpc) is 2.52. The lowest BCUT2D eigenvalue weighted by Crippen LogP contribution is -2.22. The van der Waals surface area contributed by atoms with Gasteiger partial charge in [0.1, 0.15) is 6.10 Å². The van der Waals surface area contributed by atoms with Gasteiger partial charge in [-0.3, -0.25) is 4.79 Å². The topological polar surface area (TPSA) is 26.3 Å². The summed E-state index contributed by atoms with van der Waals surface area (Å²) in [5.41, 5.74) is 4.73. The summed E-state index contributed by atoms with van der Waals surface area (Å²) in [6, 6.07) is 6.29. The van der Waals surface area contributed by atoms with Crippen molar-refractivity contribution in [3.8, 4) is 0 Å². The molecule has 0 aliphatic heterocycles. The van der Waals surface area contributed by atoms with E-state index in [1.54, 1.807) is 0 Å². The zero-order chi connectivity index (χ0) is 20.5. The van der Waals surface area contributed by atoms with Gasteiger partial charge in [0, 0.05) is 0 Å². The first-order valence-electron chi connectivity index (χ1n) is 10.1. The van der Waals surface area contributed by atoms with Crippen molar-refractivity contribution in [1.82, 2.24) is 0 Å². The molecule has 0 aromatic heterocycles. The largest absolute Gasteiger partial charge is 0.460 e. The molecule has 2 nitrogen and oxygen atoms in total. The molecule has 0 heterocycles. The summed E-state index contributed by atoms with van der Waals surface area (Å²) in [7, 11) is 0. The van der Waals surface area contributed by atoms with Crippen LogP contribution in [0.1, 0.15) is 98.5 Å². The van der Waals surface area contributed by atoms with Crippen molar-refractivity contribution in [2.24, 2.45) is 16.7 Å². The van der Waals surface area contributed by atoms with Crippen molar-refractivity contribution in [1.29, 1.82) is 0 Å². The Bertz CT molecular complexity index is 532. The fourth-order valence-electron chi connectivity index (χ4n) is 2.96. The predicted octanol–water partition coefficient (Wildman–Crippen LogP) is 7.15. The Kier molecular flexibility index (Phi) is 10.2. The van der Waals surface area contributed by atoms with Crippen LogP contribution in [-0.4, -0.2) is 6.47 Å². The quantitative estimate of drug-likeness (QED) is 0.502. The van der Waals surface area contributed by atoms with Crippen LogP contribution in [-0.2, 0) is 22.4 Å². The molecule has 26 heavy (non-hydrogen) atoms. The number of carbonyl (C=O) groups excluding carboxylic acids is 1. The summed E-state index contributed by atoms with van der Waals surface area (Å²) in [4.78, 5) is 10.2. The molecule has 0 fully saturated rings. The minimum atomic E-state index is -0.154. The minimum Gasteiger partial charge on any atom is -0.460 e. The first-order chi connectivity index (χ1) is 11.9. The monoisotopic (exact) mass is 362 g/mol. The number of hydrogen-bond acceptors (Lipinski definition) is 2. The van der Waals surface area contributed by atoms with E-state index in [2.05, 4.69) is 74.4 Å². The minimum absolute atomic E-state index is 0.154. The van der Waals surface area contributed by atoms with Gasteiger partial charge in [-0.05, 0) is 59.6 Å². The van der Waals surface area contributed by atoms with Crippen LogP contribution in [0.15, 0.2) is 18.2 Å². The second-order valence-corrected chi connectivity index (χ2v) is 9.64. The van der Waals surface area contributed by atoms with Crippen molar-refractivity contribution in [2.45, 2.75) is 94.6 Å². The Morgan fingerprint density at radius 3 is 1.85 bits per heavy atom. The van der Waals surface area contributed by atoms with Gasteiger partial charge in [0.25, 0.3) is 6.47 Å². The van der Waals surface area contributed by atoms with E-state index in [9.17, 15) is 4.79 Å². The predicted molar refractivity (Wildman–Crippen MR) is 113 cm³/mol. The smallest absolute Gasteiger partial charge is 0.293 e. The van der Waals surface area contributed by atoms with E-state index < -0.39 is 0 Å². The number of ether oxygens (including phenoxy) is 1. The Morgan fingerprint density at radius 1 is 0.962 bits per heavy atom. The van der Waals surface area contributed by atoms with Crippen molar-refractivity contribution in [3.05, 3.63) is 34.9 Å². The number of hydrogen-bond donors (Lipinski definition) is 0. The van der Waals surface area contributed by atoms with E-state index in [0.717, 1.165) is 24.3 Å². The van der Waals surface area contributed by atoms with Gasteiger partial charge < -0.3 is 4.74 Å². The molecular weight excluding hydrogens is 320 g/mol. The molecule has 0 N–H and O–H groups in total. The van der Waals surface area contributed by atoms with Gasteiger partial charge in [-0.15, -0.1) is 0 Å². The third-order valence-electron chi connectivity index (χ3n) is 5.12. The van der Waals surface area contributed by atoms with Gasteiger partial charge in [0.15, 0.2) is 0 Å². The summed E-state index contributed by atoms with van der Waals surface area (Å²) in [6.07, 6.45) is 3.23. The molecule has 1 rings (SSSR count). The molecule has 1 aromatic carbocycles. The van der Waals surface area contributed by atoms with Crippen molar-refractivity contribution in [2.75, 3.05) is 0 Å². The molecule has 2 atom stereocenters. The number of carbonyl (C=O) groups is 1. The van der Waals surface area contributed by atoms with E-state index >= 15 is 0 Å². The lowest BCUT2D eigenvalue weighted by molar-refractivity contribution is -0.133.